The summed E-state index contributed by atoms with van der Waals surface area (Å²) in [5, 5.41) is 15.2. The molecule has 0 heterocycles. The number of hydrogen-bond acceptors (Lipinski definition) is 6. The maximum Gasteiger partial charge on any atom is 0.343 e. The van der Waals surface area contributed by atoms with Crippen molar-refractivity contribution in [1.29, 1.82) is 0 Å². The third-order valence-corrected chi connectivity index (χ3v) is 3.91. The fraction of sp³-hybridized carbons (Fsp3) is 0. The van der Waals surface area contributed by atoms with Crippen LogP contribution in [-0.2, 0) is 0 Å². The number of nitrogens with one attached hydrogen (secondary N) is 1. The summed E-state index contributed by atoms with van der Waals surface area (Å²) in [4.78, 5) is 22.8. The van der Waals surface area contributed by atoms with E-state index < -0.39 is 11.9 Å². The lowest BCUT2D eigenvalue weighted by molar-refractivity contribution is -0.255. The molecule has 0 bridgehead atoms. The van der Waals surface area contributed by atoms with E-state index >= 15 is 0 Å². The zero-order valence-electron chi connectivity index (χ0n) is 14.5. The predicted octanol–water partition coefficient (Wildman–Crippen LogP) is 3.37. The van der Waals surface area contributed by atoms with Gasteiger partial charge in [0.1, 0.15) is 5.75 Å². The molecule has 0 spiro atoms. The Morgan fingerprint density at radius 3 is 2.32 bits per heavy atom. The molecule has 0 unspecified atom stereocenters. The van der Waals surface area contributed by atoms with Gasteiger partial charge in [0.05, 0.1) is 23.4 Å². The van der Waals surface area contributed by atoms with Crippen LogP contribution in [0.25, 0.3) is 0 Å². The molecule has 3 rings (SSSR count). The molecule has 3 aromatic rings. The highest BCUT2D eigenvalue weighted by molar-refractivity contribution is 6.30. The van der Waals surface area contributed by atoms with E-state index in [4.69, 9.17) is 16.3 Å². The molecule has 140 valence electrons. The van der Waals surface area contributed by atoms with Crippen molar-refractivity contribution in [3.63, 3.8) is 0 Å². The number of rotatable bonds is 6. The minimum absolute atomic E-state index is 0.0949. The number of hydrazone groups is 1. The van der Waals surface area contributed by atoms with Crippen LogP contribution in [0.15, 0.2) is 77.9 Å². The molecule has 0 aromatic heterocycles. The lowest BCUT2D eigenvalue weighted by atomic mass is 10.2. The smallest absolute Gasteiger partial charge is 0.343 e. The van der Waals surface area contributed by atoms with E-state index in [1.54, 1.807) is 60.8 Å². The lowest BCUT2D eigenvalue weighted by Gasteiger charge is -2.05. The second kappa shape index (κ2) is 8.83. The Balaban J connectivity index is 1.57. The maximum absolute atomic E-state index is 12.1. The topological polar surface area (TPSA) is 90.8 Å². The number of carboxylic acids is 1. The molecule has 0 aliphatic carbocycles. The number of aromatic carboxylic acids is 1. The van der Waals surface area contributed by atoms with Crippen LogP contribution in [0, 0.1) is 0 Å². The first-order valence-corrected chi connectivity index (χ1v) is 8.57. The number of carbonyl (C=O) groups is 2. The highest BCUT2D eigenvalue weighted by Crippen LogP contribution is 2.16. The quantitative estimate of drug-likeness (QED) is 0.300. The summed E-state index contributed by atoms with van der Waals surface area (Å²) in [6, 6.07) is 19.3. The Bertz CT molecular complexity index is 1020. The molecule has 0 aliphatic heterocycles. The normalized spacial score (nSPS) is 10.6. The Hall–Kier alpha value is -3.64. The van der Waals surface area contributed by atoms with Gasteiger partial charge in [-0.05, 0) is 65.7 Å². The number of carboxylic acid groups (broad SMARTS) is 1. The second-order valence-electron chi connectivity index (χ2n) is 5.70. The Kier molecular flexibility index (Phi) is 6.04. The molecule has 0 saturated heterocycles. The standard InChI is InChI=1S/C21H15ClN2O4/c22-17-3-1-2-16(12-17)21(27)28-19-10-4-14(5-11-19)13-23-24-18-8-6-15(7-9-18)20(25)26/h1-13,24H,(H,25,26)/p-1/b23-13-. The number of hydrogen-bond donors (Lipinski definition) is 1. The number of ether oxygens (including phenoxy) is 1. The summed E-state index contributed by atoms with van der Waals surface area (Å²) in [6.07, 6.45) is 1.58. The van der Waals surface area contributed by atoms with Gasteiger partial charge >= 0.3 is 5.97 Å². The summed E-state index contributed by atoms with van der Waals surface area (Å²) in [6.45, 7) is 0. The van der Waals surface area contributed by atoms with Gasteiger partial charge in [0.15, 0.2) is 0 Å². The molecule has 7 heteroatoms. The fourth-order valence-corrected chi connectivity index (χ4v) is 2.46. The van der Waals surface area contributed by atoms with E-state index in [1.165, 1.54) is 18.2 Å². The van der Waals surface area contributed by atoms with E-state index in [1.807, 2.05) is 0 Å². The second-order valence-corrected chi connectivity index (χ2v) is 6.14. The van der Waals surface area contributed by atoms with Crippen LogP contribution in [-0.4, -0.2) is 18.2 Å². The van der Waals surface area contributed by atoms with E-state index in [2.05, 4.69) is 10.5 Å². The van der Waals surface area contributed by atoms with Crippen molar-refractivity contribution < 1.29 is 19.4 Å². The molecular formula is C21H14ClN2O4-. The van der Waals surface area contributed by atoms with Gasteiger partial charge in [0, 0.05) is 5.02 Å². The van der Waals surface area contributed by atoms with Gasteiger partial charge in [0.25, 0.3) is 0 Å². The number of halogens is 1. The zero-order chi connectivity index (χ0) is 19.9. The number of carbonyl (C=O) groups excluding carboxylic acids is 2. The molecule has 6 nitrogen and oxygen atoms in total. The van der Waals surface area contributed by atoms with Gasteiger partial charge < -0.3 is 14.6 Å². The Morgan fingerprint density at radius 2 is 1.68 bits per heavy atom. The lowest BCUT2D eigenvalue weighted by Crippen LogP contribution is -2.21. The number of esters is 1. The van der Waals surface area contributed by atoms with Crippen molar-refractivity contribution in [1.82, 2.24) is 0 Å². The van der Waals surface area contributed by atoms with Crippen LogP contribution in [0.1, 0.15) is 26.3 Å². The fourth-order valence-electron chi connectivity index (χ4n) is 2.27. The number of benzene rings is 3. The molecule has 0 saturated carbocycles. The van der Waals surface area contributed by atoms with Crippen LogP contribution in [0.2, 0.25) is 5.02 Å². The van der Waals surface area contributed by atoms with Gasteiger partial charge in [0.2, 0.25) is 0 Å². The molecule has 3 aromatic carbocycles. The molecule has 1 N–H and O–H groups in total. The van der Waals surface area contributed by atoms with Crippen molar-refractivity contribution in [3.05, 3.63) is 94.5 Å². The molecule has 28 heavy (non-hydrogen) atoms. The minimum Gasteiger partial charge on any atom is -0.545 e. The van der Waals surface area contributed by atoms with Gasteiger partial charge in [-0.2, -0.15) is 5.10 Å². The summed E-state index contributed by atoms with van der Waals surface area (Å²) < 4.78 is 5.30. The summed E-state index contributed by atoms with van der Waals surface area (Å²) in [5.41, 5.74) is 4.67. The highest BCUT2D eigenvalue weighted by Gasteiger charge is 2.08. The van der Waals surface area contributed by atoms with Gasteiger partial charge in [-0.1, -0.05) is 29.8 Å². The van der Waals surface area contributed by atoms with Crippen LogP contribution in [0.5, 0.6) is 5.75 Å². The van der Waals surface area contributed by atoms with Gasteiger partial charge in [-0.15, -0.1) is 0 Å². The first-order chi connectivity index (χ1) is 13.5. The average molecular weight is 394 g/mol. The Labute approximate surface area is 166 Å². The first kappa shape index (κ1) is 19.1. The molecule has 0 atom stereocenters. The van der Waals surface area contributed by atoms with Gasteiger partial charge in [-0.3, -0.25) is 5.43 Å². The third kappa shape index (κ3) is 5.18. The van der Waals surface area contributed by atoms with E-state index in [0.717, 1.165) is 5.56 Å². The van der Waals surface area contributed by atoms with E-state index in [0.29, 0.717) is 22.0 Å². The van der Waals surface area contributed by atoms with Crippen LogP contribution in [0.4, 0.5) is 5.69 Å². The van der Waals surface area contributed by atoms with Gasteiger partial charge in [-0.25, -0.2) is 4.79 Å². The highest BCUT2D eigenvalue weighted by atomic mass is 35.5. The van der Waals surface area contributed by atoms with Crippen molar-refractivity contribution in [3.8, 4) is 5.75 Å². The van der Waals surface area contributed by atoms with Crippen LogP contribution < -0.4 is 15.3 Å². The zero-order valence-corrected chi connectivity index (χ0v) is 15.2. The largest absolute Gasteiger partial charge is 0.545 e. The van der Waals surface area contributed by atoms with E-state index in [9.17, 15) is 14.7 Å². The number of nitrogens with zero attached hydrogens (tertiary/aromatic N) is 1. The van der Waals surface area contributed by atoms with Crippen molar-refractivity contribution in [2.24, 2.45) is 5.10 Å². The molecule has 0 fully saturated rings. The summed E-state index contributed by atoms with van der Waals surface area (Å²) in [7, 11) is 0. The Morgan fingerprint density at radius 1 is 0.964 bits per heavy atom. The maximum atomic E-state index is 12.1. The van der Waals surface area contributed by atoms with E-state index in [-0.39, 0.29) is 5.56 Å². The minimum atomic E-state index is -1.23. The molecule has 0 aliphatic rings. The average Bonchev–Trinajstić information content (AvgIpc) is 2.69. The van der Waals surface area contributed by atoms with Crippen molar-refractivity contribution >= 4 is 35.4 Å². The SMILES string of the molecule is O=C([O-])c1ccc(N/N=C\c2ccc(OC(=O)c3cccc(Cl)c3)cc2)cc1. The predicted molar refractivity (Wildman–Crippen MR) is 105 cm³/mol. The molecular weight excluding hydrogens is 380 g/mol. The monoisotopic (exact) mass is 393 g/mol. The number of anilines is 1. The van der Waals surface area contributed by atoms with Crippen molar-refractivity contribution in [2.45, 2.75) is 0 Å². The van der Waals surface area contributed by atoms with Crippen LogP contribution in [0.3, 0.4) is 0 Å². The molecule has 0 radical (unpaired) electrons. The summed E-state index contributed by atoms with van der Waals surface area (Å²) in [5.74, 6) is -1.33. The first-order valence-electron chi connectivity index (χ1n) is 8.19. The molecule has 0 amide bonds. The van der Waals surface area contributed by atoms with Crippen LogP contribution >= 0.6 is 11.6 Å². The van der Waals surface area contributed by atoms with Crippen molar-refractivity contribution in [2.75, 3.05) is 5.43 Å². The third-order valence-electron chi connectivity index (χ3n) is 3.68. The summed E-state index contributed by atoms with van der Waals surface area (Å²) >= 11 is 5.87.